The minimum Gasteiger partial charge on any atom is -0.511 e. The maximum atomic E-state index is 13.0. The highest BCUT2D eigenvalue weighted by Crippen LogP contribution is 2.33. The number of carbonyl (C=O) groups is 3. The Balaban J connectivity index is 1.81. The Morgan fingerprint density at radius 3 is 2.23 bits per heavy atom. The summed E-state index contributed by atoms with van der Waals surface area (Å²) < 4.78 is 0. The molecular weight excluding hydrogens is 384 g/mol. The van der Waals surface area contributed by atoms with E-state index in [2.05, 4.69) is 5.32 Å². The van der Waals surface area contributed by atoms with E-state index in [1.165, 1.54) is 4.90 Å². The summed E-state index contributed by atoms with van der Waals surface area (Å²) >= 11 is 0. The maximum Gasteiger partial charge on any atom is 0.322 e. The molecule has 156 valence electrons. The van der Waals surface area contributed by atoms with Crippen LogP contribution in [0.15, 0.2) is 65.9 Å². The Labute approximate surface area is 174 Å². The molecule has 3 N–H and O–H groups in total. The van der Waals surface area contributed by atoms with Crippen LogP contribution in [0.25, 0.3) is 11.1 Å². The number of nitrogens with zero attached hydrogens (tertiary/aromatic N) is 1. The molecule has 2 aromatic carbocycles. The predicted octanol–water partition coefficient (Wildman–Crippen LogP) is 2.88. The zero-order valence-electron chi connectivity index (χ0n) is 16.9. The van der Waals surface area contributed by atoms with Crippen LogP contribution in [0.2, 0.25) is 0 Å². The van der Waals surface area contributed by atoms with Crippen molar-refractivity contribution >= 4 is 17.8 Å². The van der Waals surface area contributed by atoms with Crippen molar-refractivity contribution in [1.29, 1.82) is 0 Å². The number of rotatable bonds is 6. The second-order valence-corrected chi connectivity index (χ2v) is 7.84. The average Bonchev–Trinajstić information content (AvgIpc) is 2.70. The smallest absolute Gasteiger partial charge is 0.322 e. The molecule has 0 fully saturated rings. The molecule has 7 nitrogen and oxygen atoms in total. The molecule has 0 unspecified atom stereocenters. The number of aliphatic hydroxyl groups excluding tert-OH is 1. The summed E-state index contributed by atoms with van der Waals surface area (Å²) in [6, 6.07) is 17.7. The summed E-state index contributed by atoms with van der Waals surface area (Å²) in [6.07, 6.45) is 0.0939. The Kier molecular flexibility index (Phi) is 5.91. The summed E-state index contributed by atoms with van der Waals surface area (Å²) in [6.45, 7) is 3.24. The van der Waals surface area contributed by atoms with E-state index in [1.807, 2.05) is 68.4 Å². The molecule has 1 aliphatic heterocycles. The molecule has 2 amide bonds. The van der Waals surface area contributed by atoms with Gasteiger partial charge in [-0.25, -0.2) is 0 Å². The average molecular weight is 408 g/mol. The number of hydrogen-bond donors (Lipinski definition) is 3. The van der Waals surface area contributed by atoms with Gasteiger partial charge in [-0.15, -0.1) is 0 Å². The van der Waals surface area contributed by atoms with Crippen LogP contribution < -0.4 is 5.32 Å². The zero-order chi connectivity index (χ0) is 21.9. The summed E-state index contributed by atoms with van der Waals surface area (Å²) in [7, 11) is 0. The number of hydrogen-bond acceptors (Lipinski definition) is 4. The van der Waals surface area contributed by atoms with Crippen LogP contribution >= 0.6 is 0 Å². The number of carbonyl (C=O) groups excluding carboxylic acids is 2. The number of nitrogens with one attached hydrogen (secondary N) is 1. The van der Waals surface area contributed by atoms with Crippen molar-refractivity contribution in [2.75, 3.05) is 6.54 Å². The first kappa shape index (κ1) is 21.1. The minimum atomic E-state index is -1.23. The van der Waals surface area contributed by atoms with Crippen molar-refractivity contribution in [2.45, 2.75) is 32.4 Å². The van der Waals surface area contributed by atoms with Gasteiger partial charge in [0.05, 0.1) is 0 Å². The quantitative estimate of drug-likeness (QED) is 0.637. The van der Waals surface area contributed by atoms with E-state index in [1.54, 1.807) is 0 Å². The lowest BCUT2D eigenvalue weighted by Gasteiger charge is -2.42. The number of carboxylic acid groups (broad SMARTS) is 1. The van der Waals surface area contributed by atoms with Gasteiger partial charge in [-0.05, 0) is 30.5 Å². The van der Waals surface area contributed by atoms with E-state index in [-0.39, 0.29) is 18.7 Å². The molecule has 0 saturated heterocycles. The molecule has 3 rings (SSSR count). The maximum absolute atomic E-state index is 13.0. The van der Waals surface area contributed by atoms with E-state index >= 15 is 0 Å². The standard InChI is InChI=1S/C23H24N2O5/c1-23(2)12-18(26)20(21(29)24-13-19(27)28)22(30)25(23)14-15-8-10-17(11-9-15)16-6-4-3-5-7-16/h3-11,26H,12-14H2,1-2H3,(H,24,29)(H,27,28). The van der Waals surface area contributed by atoms with Crippen molar-refractivity contribution in [1.82, 2.24) is 10.2 Å². The summed E-state index contributed by atoms with van der Waals surface area (Å²) in [4.78, 5) is 37.6. The first-order valence-corrected chi connectivity index (χ1v) is 9.57. The van der Waals surface area contributed by atoms with E-state index in [0.29, 0.717) is 0 Å². The molecule has 0 radical (unpaired) electrons. The lowest BCUT2D eigenvalue weighted by Crippen LogP contribution is -2.53. The van der Waals surface area contributed by atoms with Crippen molar-refractivity contribution < 1.29 is 24.6 Å². The molecule has 0 atom stereocenters. The SMILES string of the molecule is CC1(C)CC(O)=C(C(=O)NCC(=O)O)C(=O)N1Cc1ccc(-c2ccccc2)cc1. The van der Waals surface area contributed by atoms with Crippen LogP contribution in [0, 0.1) is 0 Å². The van der Waals surface area contributed by atoms with Crippen molar-refractivity contribution in [3.05, 3.63) is 71.5 Å². The third-order valence-corrected chi connectivity index (χ3v) is 5.11. The molecule has 0 aromatic heterocycles. The van der Waals surface area contributed by atoms with Crippen molar-refractivity contribution in [3.8, 4) is 11.1 Å². The van der Waals surface area contributed by atoms with E-state index in [9.17, 15) is 19.5 Å². The monoisotopic (exact) mass is 408 g/mol. The number of benzene rings is 2. The zero-order valence-corrected chi connectivity index (χ0v) is 16.9. The Morgan fingerprint density at radius 2 is 1.63 bits per heavy atom. The Hall–Kier alpha value is -3.61. The van der Waals surface area contributed by atoms with Gasteiger partial charge in [0.2, 0.25) is 0 Å². The molecule has 1 heterocycles. The van der Waals surface area contributed by atoms with Crippen LogP contribution in [0.4, 0.5) is 0 Å². The van der Waals surface area contributed by atoms with Crippen LogP contribution in [0.3, 0.4) is 0 Å². The fraction of sp³-hybridized carbons (Fsp3) is 0.261. The van der Waals surface area contributed by atoms with Crippen LogP contribution in [-0.4, -0.2) is 45.0 Å². The van der Waals surface area contributed by atoms with Crippen LogP contribution in [0.1, 0.15) is 25.8 Å². The van der Waals surface area contributed by atoms with Gasteiger partial charge in [0.15, 0.2) is 0 Å². The highest BCUT2D eigenvalue weighted by atomic mass is 16.4. The van der Waals surface area contributed by atoms with Crippen molar-refractivity contribution in [3.63, 3.8) is 0 Å². The molecule has 0 bridgehead atoms. The number of carboxylic acids is 1. The number of amides is 2. The molecule has 0 spiro atoms. The summed E-state index contributed by atoms with van der Waals surface area (Å²) in [5.74, 6) is -3.08. The van der Waals surface area contributed by atoms with Crippen molar-refractivity contribution in [2.24, 2.45) is 0 Å². The van der Waals surface area contributed by atoms with Crippen LogP contribution in [-0.2, 0) is 20.9 Å². The molecule has 7 heteroatoms. The topological polar surface area (TPSA) is 107 Å². The van der Waals surface area contributed by atoms with Gasteiger partial charge in [0.25, 0.3) is 11.8 Å². The predicted molar refractivity (Wildman–Crippen MR) is 111 cm³/mol. The summed E-state index contributed by atoms with van der Waals surface area (Å²) in [5.41, 5.74) is 1.90. The van der Waals surface area contributed by atoms with E-state index in [4.69, 9.17) is 5.11 Å². The van der Waals surface area contributed by atoms with Crippen LogP contribution in [0.5, 0.6) is 0 Å². The van der Waals surface area contributed by atoms with E-state index in [0.717, 1.165) is 16.7 Å². The third kappa shape index (κ3) is 4.51. The van der Waals surface area contributed by atoms with Gasteiger partial charge in [-0.3, -0.25) is 14.4 Å². The van der Waals surface area contributed by atoms with Gasteiger partial charge in [-0.1, -0.05) is 54.6 Å². The molecule has 0 aliphatic carbocycles. The number of aliphatic hydroxyl groups is 1. The first-order valence-electron chi connectivity index (χ1n) is 9.57. The number of aliphatic carboxylic acids is 1. The fourth-order valence-electron chi connectivity index (χ4n) is 3.50. The third-order valence-electron chi connectivity index (χ3n) is 5.11. The Morgan fingerprint density at radius 1 is 1.03 bits per heavy atom. The second-order valence-electron chi connectivity index (χ2n) is 7.84. The molecule has 30 heavy (non-hydrogen) atoms. The molecule has 1 aliphatic rings. The lowest BCUT2D eigenvalue weighted by molar-refractivity contribution is -0.140. The van der Waals surface area contributed by atoms with E-state index < -0.39 is 35.4 Å². The highest BCUT2D eigenvalue weighted by molar-refractivity contribution is 6.19. The first-order chi connectivity index (χ1) is 14.2. The largest absolute Gasteiger partial charge is 0.511 e. The molecule has 0 saturated carbocycles. The normalized spacial score (nSPS) is 15.8. The minimum absolute atomic E-state index is 0.0939. The lowest BCUT2D eigenvalue weighted by atomic mass is 9.88. The van der Waals surface area contributed by atoms with Gasteiger partial charge in [-0.2, -0.15) is 0 Å². The Bertz CT molecular complexity index is 994. The fourth-order valence-corrected chi connectivity index (χ4v) is 3.50. The highest BCUT2D eigenvalue weighted by Gasteiger charge is 2.42. The van der Waals surface area contributed by atoms with Gasteiger partial charge >= 0.3 is 5.97 Å². The van der Waals surface area contributed by atoms with Gasteiger partial charge in [0.1, 0.15) is 17.9 Å². The molecule has 2 aromatic rings. The summed E-state index contributed by atoms with van der Waals surface area (Å²) in [5, 5.41) is 21.2. The van der Waals surface area contributed by atoms with Gasteiger partial charge in [0, 0.05) is 18.5 Å². The molecular formula is C23H24N2O5. The van der Waals surface area contributed by atoms with Gasteiger partial charge < -0.3 is 20.4 Å². The second kappa shape index (κ2) is 8.41.